The smallest absolute Gasteiger partial charge is 0.211 e. The van der Waals surface area contributed by atoms with E-state index in [2.05, 4.69) is 15.0 Å². The van der Waals surface area contributed by atoms with Crippen molar-refractivity contribution in [2.24, 2.45) is 16.6 Å². The predicted molar refractivity (Wildman–Crippen MR) is 89.3 cm³/mol. The van der Waals surface area contributed by atoms with Gasteiger partial charge in [0.05, 0.1) is 5.75 Å². The van der Waals surface area contributed by atoms with Crippen LogP contribution in [0.2, 0.25) is 0 Å². The first-order valence-electron chi connectivity index (χ1n) is 6.54. The Morgan fingerprint density at radius 2 is 2.05 bits per heavy atom. The maximum atomic E-state index is 11.1. The van der Waals surface area contributed by atoms with E-state index >= 15 is 0 Å². The molecular weight excluding hydrogens is 379 g/mol. The molecule has 1 saturated carbocycles. The highest BCUT2D eigenvalue weighted by Crippen LogP contribution is 2.26. The van der Waals surface area contributed by atoms with E-state index < -0.39 is 10.0 Å². The lowest BCUT2D eigenvalue weighted by Gasteiger charge is -2.23. The van der Waals surface area contributed by atoms with Crippen molar-refractivity contribution in [3.05, 3.63) is 0 Å². The van der Waals surface area contributed by atoms with Gasteiger partial charge in [0, 0.05) is 19.6 Å². The average molecular weight is 404 g/mol. The molecule has 1 aliphatic carbocycles. The molecule has 1 fully saturated rings. The summed E-state index contributed by atoms with van der Waals surface area (Å²) in [5, 5.41) is 2.98. The molecule has 8 heteroatoms. The zero-order valence-electron chi connectivity index (χ0n) is 11.4. The SMILES string of the molecule is CCS(=O)(=O)NCCCNC(N)=NCC1CCC1.I. The molecule has 0 aromatic carbocycles. The number of nitrogens with two attached hydrogens (primary N) is 1. The molecule has 0 spiro atoms. The predicted octanol–water partition coefficient (Wildman–Crippen LogP) is 0.638. The second-order valence-corrected chi connectivity index (χ2v) is 6.70. The fourth-order valence-corrected chi connectivity index (χ4v) is 2.25. The minimum absolute atomic E-state index is 0. The molecule has 0 aromatic rings. The Bertz CT molecular complexity index is 369. The number of hydrogen-bond acceptors (Lipinski definition) is 3. The van der Waals surface area contributed by atoms with E-state index in [1.165, 1.54) is 19.3 Å². The first-order valence-corrected chi connectivity index (χ1v) is 8.20. The van der Waals surface area contributed by atoms with Gasteiger partial charge in [0.25, 0.3) is 0 Å². The molecule has 114 valence electrons. The number of nitrogens with zero attached hydrogens (tertiary/aromatic N) is 1. The van der Waals surface area contributed by atoms with Gasteiger partial charge in [-0.05, 0) is 32.1 Å². The molecule has 4 N–H and O–H groups in total. The first-order chi connectivity index (χ1) is 8.53. The van der Waals surface area contributed by atoms with Gasteiger partial charge >= 0.3 is 0 Å². The van der Waals surface area contributed by atoms with Crippen LogP contribution in [0.15, 0.2) is 4.99 Å². The van der Waals surface area contributed by atoms with Crippen molar-refractivity contribution in [1.29, 1.82) is 0 Å². The molecule has 0 heterocycles. The van der Waals surface area contributed by atoms with E-state index in [1.807, 2.05) is 0 Å². The molecule has 0 bridgehead atoms. The maximum absolute atomic E-state index is 11.1. The van der Waals surface area contributed by atoms with Gasteiger partial charge in [0.15, 0.2) is 5.96 Å². The molecule has 0 atom stereocenters. The Balaban J connectivity index is 0.00000324. The van der Waals surface area contributed by atoms with Crippen molar-refractivity contribution in [2.45, 2.75) is 32.6 Å². The molecule has 0 aliphatic heterocycles. The molecule has 0 unspecified atom stereocenters. The molecule has 0 aromatic heterocycles. The quantitative estimate of drug-likeness (QED) is 0.239. The van der Waals surface area contributed by atoms with Crippen LogP contribution in [0.4, 0.5) is 0 Å². The molecule has 0 amide bonds. The van der Waals surface area contributed by atoms with Crippen LogP contribution in [-0.4, -0.2) is 39.8 Å². The topological polar surface area (TPSA) is 96.6 Å². The van der Waals surface area contributed by atoms with Gasteiger partial charge in [-0.25, -0.2) is 13.1 Å². The normalized spacial score (nSPS) is 16.6. The minimum atomic E-state index is -3.08. The molecule has 19 heavy (non-hydrogen) atoms. The van der Waals surface area contributed by atoms with Crippen LogP contribution in [0.5, 0.6) is 0 Å². The summed E-state index contributed by atoms with van der Waals surface area (Å²) in [7, 11) is -3.08. The van der Waals surface area contributed by atoms with Gasteiger partial charge in [-0.2, -0.15) is 0 Å². The third-order valence-electron chi connectivity index (χ3n) is 3.11. The van der Waals surface area contributed by atoms with Gasteiger partial charge in [0.1, 0.15) is 0 Å². The zero-order chi connectivity index (χ0) is 13.4. The van der Waals surface area contributed by atoms with E-state index in [0.717, 1.165) is 6.54 Å². The van der Waals surface area contributed by atoms with E-state index in [-0.39, 0.29) is 29.7 Å². The van der Waals surface area contributed by atoms with Gasteiger partial charge < -0.3 is 11.1 Å². The van der Waals surface area contributed by atoms with Crippen LogP contribution in [0.3, 0.4) is 0 Å². The summed E-state index contributed by atoms with van der Waals surface area (Å²) in [6, 6.07) is 0. The molecule has 1 rings (SSSR count). The highest BCUT2D eigenvalue weighted by atomic mass is 127. The van der Waals surface area contributed by atoms with Gasteiger partial charge in [-0.1, -0.05) is 6.42 Å². The van der Waals surface area contributed by atoms with E-state index in [9.17, 15) is 8.42 Å². The van der Waals surface area contributed by atoms with Crippen LogP contribution in [0, 0.1) is 5.92 Å². The lowest BCUT2D eigenvalue weighted by molar-refractivity contribution is 0.326. The molecule has 0 saturated heterocycles. The number of aliphatic imine (C=N–C) groups is 1. The minimum Gasteiger partial charge on any atom is -0.370 e. The summed E-state index contributed by atoms with van der Waals surface area (Å²) >= 11 is 0. The summed E-state index contributed by atoms with van der Waals surface area (Å²) in [5.74, 6) is 1.28. The van der Waals surface area contributed by atoms with E-state index in [4.69, 9.17) is 5.73 Å². The van der Waals surface area contributed by atoms with Crippen LogP contribution in [0.25, 0.3) is 0 Å². The molecule has 6 nitrogen and oxygen atoms in total. The largest absolute Gasteiger partial charge is 0.370 e. The van der Waals surface area contributed by atoms with Crippen molar-refractivity contribution in [3.63, 3.8) is 0 Å². The summed E-state index contributed by atoms with van der Waals surface area (Å²) in [6.07, 6.45) is 4.52. The number of sulfonamides is 1. The van der Waals surface area contributed by atoms with Crippen LogP contribution in [-0.2, 0) is 10.0 Å². The Hall–Kier alpha value is -0.0900. The fraction of sp³-hybridized carbons (Fsp3) is 0.909. The van der Waals surface area contributed by atoms with Crippen molar-refractivity contribution >= 4 is 40.0 Å². The van der Waals surface area contributed by atoms with Crippen LogP contribution < -0.4 is 15.8 Å². The lowest BCUT2D eigenvalue weighted by atomic mass is 9.86. The highest BCUT2D eigenvalue weighted by molar-refractivity contribution is 14.0. The number of hydrogen-bond donors (Lipinski definition) is 3. The lowest BCUT2D eigenvalue weighted by Crippen LogP contribution is -2.35. The molecule has 0 radical (unpaired) electrons. The molecular formula is C11H25IN4O2S. The summed E-state index contributed by atoms with van der Waals surface area (Å²) in [4.78, 5) is 4.25. The fourth-order valence-electron chi connectivity index (χ4n) is 1.59. The average Bonchev–Trinajstić information content (AvgIpc) is 2.26. The number of rotatable bonds is 8. The molecule has 1 aliphatic rings. The Morgan fingerprint density at radius 3 is 2.58 bits per heavy atom. The summed E-state index contributed by atoms with van der Waals surface area (Å²) < 4.78 is 24.8. The number of halogens is 1. The Morgan fingerprint density at radius 1 is 1.37 bits per heavy atom. The van der Waals surface area contributed by atoms with Crippen molar-refractivity contribution in [1.82, 2.24) is 10.0 Å². The van der Waals surface area contributed by atoms with Crippen molar-refractivity contribution in [3.8, 4) is 0 Å². The second-order valence-electron chi connectivity index (χ2n) is 4.60. The second kappa shape index (κ2) is 9.76. The van der Waals surface area contributed by atoms with Crippen molar-refractivity contribution < 1.29 is 8.42 Å². The third kappa shape index (κ3) is 8.64. The Kier molecular flexibility index (Phi) is 9.71. The number of guanidine groups is 1. The third-order valence-corrected chi connectivity index (χ3v) is 4.51. The highest BCUT2D eigenvalue weighted by Gasteiger charge is 2.16. The van der Waals surface area contributed by atoms with Gasteiger partial charge in [-0.15, -0.1) is 24.0 Å². The van der Waals surface area contributed by atoms with Crippen LogP contribution in [0.1, 0.15) is 32.6 Å². The number of nitrogens with one attached hydrogen (secondary N) is 2. The van der Waals surface area contributed by atoms with Crippen LogP contribution >= 0.6 is 24.0 Å². The first kappa shape index (κ1) is 18.9. The monoisotopic (exact) mass is 404 g/mol. The Labute approximate surface area is 133 Å². The summed E-state index contributed by atoms with van der Waals surface area (Å²) in [6.45, 7) is 3.48. The maximum Gasteiger partial charge on any atom is 0.211 e. The van der Waals surface area contributed by atoms with Gasteiger partial charge in [0.2, 0.25) is 10.0 Å². The van der Waals surface area contributed by atoms with Gasteiger partial charge in [-0.3, -0.25) is 4.99 Å². The zero-order valence-corrected chi connectivity index (χ0v) is 14.5. The standard InChI is InChI=1S/C11H24N4O2S.HI/c1-2-18(16,17)15-8-4-7-13-11(12)14-9-10-5-3-6-10;/h10,15H,2-9H2,1H3,(H3,12,13,14);1H. The van der Waals surface area contributed by atoms with E-state index in [0.29, 0.717) is 31.4 Å². The summed E-state index contributed by atoms with van der Waals surface area (Å²) in [5.41, 5.74) is 5.70. The van der Waals surface area contributed by atoms with E-state index in [1.54, 1.807) is 6.92 Å². The van der Waals surface area contributed by atoms with Crippen molar-refractivity contribution in [2.75, 3.05) is 25.4 Å².